The van der Waals surface area contributed by atoms with Gasteiger partial charge in [-0.25, -0.2) is 9.97 Å². The Kier molecular flexibility index (Phi) is 5.00. The molecule has 7 nitrogen and oxygen atoms in total. The van der Waals surface area contributed by atoms with Crippen molar-refractivity contribution < 1.29 is 4.79 Å². The van der Waals surface area contributed by atoms with Crippen LogP contribution in [0, 0.1) is 0 Å². The van der Waals surface area contributed by atoms with Gasteiger partial charge in [-0.15, -0.1) is 0 Å². The first-order valence-electron chi connectivity index (χ1n) is 8.16. The summed E-state index contributed by atoms with van der Waals surface area (Å²) in [6.45, 7) is 4.07. The van der Waals surface area contributed by atoms with Gasteiger partial charge in [-0.2, -0.15) is 0 Å². The predicted octanol–water partition coefficient (Wildman–Crippen LogP) is 1.41. The molecule has 2 aromatic heterocycles. The zero-order chi connectivity index (χ0) is 16.9. The normalized spacial score (nSPS) is 17.4. The summed E-state index contributed by atoms with van der Waals surface area (Å²) in [6, 6.07) is 4.59. The van der Waals surface area contributed by atoms with Crippen LogP contribution >= 0.6 is 0 Å². The minimum Gasteiger partial charge on any atom is -0.382 e. The van der Waals surface area contributed by atoms with Gasteiger partial charge in [0.15, 0.2) is 11.5 Å². The number of carbonyl (C=O) groups excluding carboxylic acids is 1. The van der Waals surface area contributed by atoms with E-state index < -0.39 is 0 Å². The molecule has 2 aromatic rings. The van der Waals surface area contributed by atoms with Crippen molar-refractivity contribution in [2.24, 2.45) is 0 Å². The third-order valence-corrected chi connectivity index (χ3v) is 4.54. The summed E-state index contributed by atoms with van der Waals surface area (Å²) < 4.78 is 0. The molecule has 0 aliphatic carbocycles. The molecule has 1 atom stereocenters. The molecule has 7 heteroatoms. The van der Waals surface area contributed by atoms with Gasteiger partial charge in [0.25, 0.3) is 5.91 Å². The zero-order valence-corrected chi connectivity index (χ0v) is 13.7. The number of nitrogens with one attached hydrogen (secondary N) is 1. The van der Waals surface area contributed by atoms with Crippen LogP contribution in [-0.4, -0.2) is 44.9 Å². The molecule has 1 fully saturated rings. The van der Waals surface area contributed by atoms with Crippen LogP contribution in [0.25, 0.3) is 0 Å². The van der Waals surface area contributed by atoms with E-state index in [9.17, 15) is 4.79 Å². The number of aromatic nitrogens is 3. The van der Waals surface area contributed by atoms with E-state index in [1.54, 1.807) is 0 Å². The molecule has 0 unspecified atom stereocenters. The quantitative estimate of drug-likeness (QED) is 0.882. The number of rotatable bonds is 4. The summed E-state index contributed by atoms with van der Waals surface area (Å²) in [5.74, 6) is -0.0834. The molecule has 0 spiro atoms. The van der Waals surface area contributed by atoms with Crippen molar-refractivity contribution in [3.8, 4) is 0 Å². The van der Waals surface area contributed by atoms with Crippen molar-refractivity contribution in [1.82, 2.24) is 25.2 Å². The van der Waals surface area contributed by atoms with Crippen molar-refractivity contribution in [3.63, 3.8) is 0 Å². The van der Waals surface area contributed by atoms with Crippen molar-refractivity contribution in [3.05, 3.63) is 48.2 Å². The van der Waals surface area contributed by atoms with E-state index in [4.69, 9.17) is 5.73 Å². The molecule has 0 aromatic carbocycles. The number of nitrogens with two attached hydrogens (primary N) is 1. The Labute approximate surface area is 141 Å². The molecule has 24 heavy (non-hydrogen) atoms. The smallest absolute Gasteiger partial charge is 0.273 e. The van der Waals surface area contributed by atoms with Gasteiger partial charge in [0, 0.05) is 50.0 Å². The van der Waals surface area contributed by atoms with Gasteiger partial charge >= 0.3 is 0 Å². The van der Waals surface area contributed by atoms with E-state index in [1.165, 1.54) is 18.0 Å². The minimum absolute atomic E-state index is 0.139. The highest BCUT2D eigenvalue weighted by Crippen LogP contribution is 2.23. The first-order valence-corrected chi connectivity index (χ1v) is 8.16. The SMILES string of the molecule is C[C@@H](c1ccncc1)N1CCC(NC(=O)c2nccnc2N)CC1. The number of pyridine rings is 1. The van der Waals surface area contributed by atoms with Crippen LogP contribution in [0.4, 0.5) is 5.82 Å². The van der Waals surface area contributed by atoms with Gasteiger partial charge in [0.1, 0.15) is 0 Å². The van der Waals surface area contributed by atoms with Gasteiger partial charge in [-0.1, -0.05) is 0 Å². The monoisotopic (exact) mass is 326 g/mol. The topological polar surface area (TPSA) is 97.0 Å². The summed E-state index contributed by atoms with van der Waals surface area (Å²) in [5, 5.41) is 3.02. The number of anilines is 1. The van der Waals surface area contributed by atoms with Crippen molar-refractivity contribution in [2.45, 2.75) is 31.8 Å². The van der Waals surface area contributed by atoms with E-state index in [2.05, 4.69) is 44.2 Å². The van der Waals surface area contributed by atoms with Gasteiger partial charge in [0.2, 0.25) is 0 Å². The molecule has 0 bridgehead atoms. The van der Waals surface area contributed by atoms with Crippen LogP contribution in [0.2, 0.25) is 0 Å². The summed E-state index contributed by atoms with van der Waals surface area (Å²) in [6.07, 6.45) is 8.41. The van der Waals surface area contributed by atoms with E-state index in [0.29, 0.717) is 6.04 Å². The van der Waals surface area contributed by atoms with Crippen LogP contribution in [0.3, 0.4) is 0 Å². The van der Waals surface area contributed by atoms with Crippen molar-refractivity contribution in [1.29, 1.82) is 0 Å². The summed E-state index contributed by atoms with van der Waals surface area (Å²) in [7, 11) is 0. The molecule has 1 amide bonds. The fourth-order valence-corrected chi connectivity index (χ4v) is 3.06. The van der Waals surface area contributed by atoms with E-state index in [1.807, 2.05) is 12.4 Å². The lowest BCUT2D eigenvalue weighted by atomic mass is 10.0. The van der Waals surface area contributed by atoms with Gasteiger partial charge in [-0.05, 0) is 37.5 Å². The standard InChI is InChI=1S/C17H22N6O/c1-12(13-2-6-19-7-3-13)23-10-4-14(5-11-23)22-17(24)15-16(18)21-9-8-20-15/h2-3,6-9,12,14H,4-5,10-11H2,1H3,(H2,18,21)(H,22,24)/t12-/m0/s1. The Morgan fingerprint density at radius 2 is 1.88 bits per heavy atom. The number of likely N-dealkylation sites (tertiary alicyclic amines) is 1. The minimum atomic E-state index is -0.249. The Balaban J connectivity index is 1.54. The molecule has 3 N–H and O–H groups in total. The van der Waals surface area contributed by atoms with Crippen LogP contribution < -0.4 is 11.1 Å². The number of amides is 1. The van der Waals surface area contributed by atoms with E-state index >= 15 is 0 Å². The molecule has 1 aliphatic heterocycles. The molecule has 1 saturated heterocycles. The molecule has 0 radical (unpaired) electrons. The van der Waals surface area contributed by atoms with E-state index in [0.717, 1.165) is 25.9 Å². The second-order valence-electron chi connectivity index (χ2n) is 6.03. The first-order chi connectivity index (χ1) is 11.6. The van der Waals surface area contributed by atoms with E-state index in [-0.39, 0.29) is 23.5 Å². The second kappa shape index (κ2) is 7.35. The number of piperidine rings is 1. The third-order valence-electron chi connectivity index (χ3n) is 4.54. The molecule has 0 saturated carbocycles. The maximum atomic E-state index is 12.3. The maximum absolute atomic E-state index is 12.3. The molecule has 126 valence electrons. The van der Waals surface area contributed by atoms with Crippen LogP contribution in [-0.2, 0) is 0 Å². The largest absolute Gasteiger partial charge is 0.382 e. The predicted molar refractivity (Wildman–Crippen MR) is 91.2 cm³/mol. The van der Waals surface area contributed by atoms with Crippen LogP contribution in [0.5, 0.6) is 0 Å². The van der Waals surface area contributed by atoms with Crippen molar-refractivity contribution >= 4 is 11.7 Å². The summed E-state index contributed by atoms with van der Waals surface area (Å²) in [5.41, 5.74) is 7.17. The Hall–Kier alpha value is -2.54. The van der Waals surface area contributed by atoms with Crippen LogP contribution in [0.1, 0.15) is 41.9 Å². The summed E-state index contributed by atoms with van der Waals surface area (Å²) in [4.78, 5) is 26.7. The lowest BCUT2D eigenvalue weighted by Crippen LogP contribution is -2.45. The lowest BCUT2D eigenvalue weighted by Gasteiger charge is -2.36. The average molecular weight is 326 g/mol. The third kappa shape index (κ3) is 3.68. The Morgan fingerprint density at radius 3 is 2.54 bits per heavy atom. The number of nitrogens with zero attached hydrogens (tertiary/aromatic N) is 4. The zero-order valence-electron chi connectivity index (χ0n) is 13.7. The summed E-state index contributed by atoms with van der Waals surface area (Å²) >= 11 is 0. The van der Waals surface area contributed by atoms with Gasteiger partial charge in [-0.3, -0.25) is 14.7 Å². The molecule has 3 rings (SSSR count). The van der Waals surface area contributed by atoms with Crippen LogP contribution in [0.15, 0.2) is 36.9 Å². The number of carbonyl (C=O) groups is 1. The highest BCUT2D eigenvalue weighted by Gasteiger charge is 2.25. The fourth-order valence-electron chi connectivity index (χ4n) is 3.06. The number of hydrogen-bond donors (Lipinski definition) is 2. The second-order valence-corrected chi connectivity index (χ2v) is 6.03. The molecular weight excluding hydrogens is 304 g/mol. The molecular formula is C17H22N6O. The number of nitrogen functional groups attached to an aromatic ring is 1. The Bertz CT molecular complexity index is 684. The lowest BCUT2D eigenvalue weighted by molar-refractivity contribution is 0.0891. The fraction of sp³-hybridized carbons (Fsp3) is 0.412. The average Bonchev–Trinajstić information content (AvgIpc) is 2.63. The molecule has 1 aliphatic rings. The van der Waals surface area contributed by atoms with Gasteiger partial charge in [0.05, 0.1) is 0 Å². The maximum Gasteiger partial charge on any atom is 0.273 e. The highest BCUT2D eigenvalue weighted by molar-refractivity contribution is 5.96. The highest BCUT2D eigenvalue weighted by atomic mass is 16.2. The van der Waals surface area contributed by atoms with Crippen molar-refractivity contribution in [2.75, 3.05) is 18.8 Å². The Morgan fingerprint density at radius 1 is 1.21 bits per heavy atom. The molecule has 3 heterocycles. The first kappa shape index (κ1) is 16.3. The number of hydrogen-bond acceptors (Lipinski definition) is 6. The van der Waals surface area contributed by atoms with Gasteiger partial charge < -0.3 is 11.1 Å².